The summed E-state index contributed by atoms with van der Waals surface area (Å²) in [7, 11) is 0. The molecule has 2 saturated heterocycles. The van der Waals surface area contributed by atoms with E-state index >= 15 is 0 Å². The van der Waals surface area contributed by atoms with E-state index in [1.165, 1.54) is 62.7 Å². The summed E-state index contributed by atoms with van der Waals surface area (Å²) < 4.78 is 38.1. The van der Waals surface area contributed by atoms with Gasteiger partial charge in [-0.25, -0.2) is 0 Å². The van der Waals surface area contributed by atoms with Gasteiger partial charge in [-0.1, -0.05) is 47.5 Å². The molecule has 9 heteroatoms. The molecule has 0 radical (unpaired) electrons. The molecule has 210 valence electrons. The van der Waals surface area contributed by atoms with Crippen molar-refractivity contribution in [3.63, 3.8) is 0 Å². The van der Waals surface area contributed by atoms with Gasteiger partial charge in [0.2, 0.25) is 0 Å². The van der Waals surface area contributed by atoms with Gasteiger partial charge in [-0.2, -0.15) is 8.78 Å². The second-order valence-corrected chi connectivity index (χ2v) is 10.8. The number of fused-ring (bicyclic) bond motifs is 1. The molecule has 2 heterocycles. The quantitative estimate of drug-likeness (QED) is 0.312. The van der Waals surface area contributed by atoms with E-state index in [1.807, 2.05) is 6.07 Å². The number of halogens is 4. The maximum absolute atomic E-state index is 13.4. The third-order valence-electron chi connectivity index (χ3n) is 7.07. The van der Waals surface area contributed by atoms with Crippen LogP contribution in [0.15, 0.2) is 54.6 Å². The zero-order valence-electron chi connectivity index (χ0n) is 21.8. The van der Waals surface area contributed by atoms with Crippen LogP contribution in [0.25, 0.3) is 10.8 Å². The van der Waals surface area contributed by atoms with Crippen LogP contribution in [0.3, 0.4) is 0 Å². The first kappa shape index (κ1) is 29.5. The van der Waals surface area contributed by atoms with E-state index in [9.17, 15) is 13.6 Å². The molecule has 2 aliphatic rings. The van der Waals surface area contributed by atoms with E-state index in [0.717, 1.165) is 48.6 Å². The Bertz CT molecular complexity index is 1260. The van der Waals surface area contributed by atoms with Crippen LogP contribution in [0.4, 0.5) is 8.78 Å². The minimum absolute atomic E-state index is 0.243. The fourth-order valence-corrected chi connectivity index (χ4v) is 5.26. The van der Waals surface area contributed by atoms with Gasteiger partial charge in [0.05, 0.1) is 18.2 Å². The van der Waals surface area contributed by atoms with Gasteiger partial charge in [0.25, 0.3) is 5.91 Å². The first-order valence-electron chi connectivity index (χ1n) is 13.3. The Morgan fingerprint density at radius 1 is 1.00 bits per heavy atom. The summed E-state index contributed by atoms with van der Waals surface area (Å²) in [5, 5.41) is 2.56. The van der Waals surface area contributed by atoms with Crippen LogP contribution >= 0.6 is 23.2 Å². The molecule has 0 bridgehead atoms. The van der Waals surface area contributed by atoms with Crippen LogP contribution in [-0.2, 0) is 21.9 Å². The monoisotopic (exact) mass is 578 g/mol. The molecule has 39 heavy (non-hydrogen) atoms. The number of benzene rings is 3. The highest BCUT2D eigenvalue weighted by molar-refractivity contribution is 6.32. The van der Waals surface area contributed by atoms with Gasteiger partial charge in [-0.05, 0) is 92.0 Å². The zero-order valence-corrected chi connectivity index (χ0v) is 23.3. The molecule has 1 amide bonds. The molecule has 0 atom stereocenters. The molecule has 2 N–H and O–H groups in total. The topological polar surface area (TPSA) is 64.8 Å². The molecule has 5 rings (SSSR count). The Kier molecular flexibility index (Phi) is 10.4. The maximum atomic E-state index is 13.4. The van der Waals surface area contributed by atoms with Crippen molar-refractivity contribution >= 4 is 39.9 Å². The van der Waals surface area contributed by atoms with Crippen molar-refractivity contribution in [2.45, 2.75) is 50.6 Å². The number of rotatable bonds is 8. The third kappa shape index (κ3) is 8.27. The van der Waals surface area contributed by atoms with Gasteiger partial charge in [0.15, 0.2) is 0 Å². The number of carbonyl (C=O) groups is 1. The lowest BCUT2D eigenvalue weighted by atomic mass is 10.0. The summed E-state index contributed by atoms with van der Waals surface area (Å²) in [6, 6.07) is 15.0. The number of primary amides is 1. The summed E-state index contributed by atoms with van der Waals surface area (Å²) in [5.41, 5.74) is 5.55. The Morgan fingerprint density at radius 2 is 1.69 bits per heavy atom. The SMILES string of the molecule is Clc1cc(CCCN2CCCC2)ccc1OC1CCOCC1.NC(=O)C(F)(F)c1ccc2cc(Cl)ccc2c1. The molecule has 3 aromatic carbocycles. The smallest absolute Gasteiger partial charge is 0.349 e. The number of nitrogens with zero attached hydrogens (tertiary/aromatic N) is 1. The second-order valence-electron chi connectivity index (χ2n) is 9.99. The minimum atomic E-state index is -3.66. The lowest BCUT2D eigenvalue weighted by Gasteiger charge is -2.24. The predicted molar refractivity (Wildman–Crippen MR) is 152 cm³/mol. The number of hydrogen-bond acceptors (Lipinski definition) is 4. The molecule has 2 fully saturated rings. The van der Waals surface area contributed by atoms with Gasteiger partial charge in [0, 0.05) is 23.4 Å². The number of amides is 1. The van der Waals surface area contributed by atoms with Crippen molar-refractivity contribution in [3.05, 3.63) is 75.8 Å². The van der Waals surface area contributed by atoms with Crippen molar-refractivity contribution in [1.29, 1.82) is 0 Å². The van der Waals surface area contributed by atoms with E-state index in [2.05, 4.69) is 22.8 Å². The molecule has 0 unspecified atom stereocenters. The summed E-state index contributed by atoms with van der Waals surface area (Å²) in [6.07, 6.45) is 7.17. The van der Waals surface area contributed by atoms with E-state index in [0.29, 0.717) is 10.4 Å². The first-order chi connectivity index (χ1) is 18.7. The van der Waals surface area contributed by atoms with Gasteiger partial charge in [0.1, 0.15) is 11.9 Å². The van der Waals surface area contributed by atoms with E-state index in [4.69, 9.17) is 32.7 Å². The van der Waals surface area contributed by atoms with Crippen molar-refractivity contribution in [1.82, 2.24) is 4.90 Å². The lowest BCUT2D eigenvalue weighted by molar-refractivity contribution is -0.143. The molecule has 5 nitrogen and oxygen atoms in total. The lowest BCUT2D eigenvalue weighted by Crippen LogP contribution is -2.32. The van der Waals surface area contributed by atoms with Crippen molar-refractivity contribution in [2.24, 2.45) is 5.73 Å². The molecule has 3 aromatic rings. The zero-order chi connectivity index (χ0) is 27.8. The predicted octanol–water partition coefficient (Wildman–Crippen LogP) is 7.00. The summed E-state index contributed by atoms with van der Waals surface area (Å²) in [6.45, 7) is 5.34. The van der Waals surface area contributed by atoms with Gasteiger partial charge >= 0.3 is 5.92 Å². The first-order valence-corrected chi connectivity index (χ1v) is 14.1. The fourth-order valence-electron chi connectivity index (χ4n) is 4.84. The number of nitrogens with two attached hydrogens (primary N) is 1. The molecule has 0 aromatic heterocycles. The molecular formula is C30H34Cl2F2N2O3. The van der Waals surface area contributed by atoms with Crippen LogP contribution in [-0.4, -0.2) is 49.8 Å². The largest absolute Gasteiger partial charge is 0.489 e. The average molecular weight is 580 g/mol. The van der Waals surface area contributed by atoms with Crippen LogP contribution in [0.5, 0.6) is 5.75 Å². The highest BCUT2D eigenvalue weighted by atomic mass is 35.5. The fraction of sp³-hybridized carbons (Fsp3) is 0.433. The maximum Gasteiger partial charge on any atom is 0.349 e. The van der Waals surface area contributed by atoms with E-state index < -0.39 is 17.4 Å². The number of likely N-dealkylation sites (tertiary alicyclic amines) is 1. The van der Waals surface area contributed by atoms with E-state index in [-0.39, 0.29) is 6.10 Å². The molecule has 0 aliphatic carbocycles. The highest BCUT2D eigenvalue weighted by Crippen LogP contribution is 2.31. The summed E-state index contributed by atoms with van der Waals surface area (Å²) in [4.78, 5) is 13.2. The van der Waals surface area contributed by atoms with Gasteiger partial charge < -0.3 is 20.1 Å². The molecule has 0 spiro atoms. The van der Waals surface area contributed by atoms with Crippen LogP contribution in [0.1, 0.15) is 43.2 Å². The third-order valence-corrected chi connectivity index (χ3v) is 7.60. The highest BCUT2D eigenvalue weighted by Gasteiger charge is 2.38. The van der Waals surface area contributed by atoms with Crippen molar-refractivity contribution < 1.29 is 23.0 Å². The Labute approximate surface area is 238 Å². The van der Waals surface area contributed by atoms with Crippen LogP contribution in [0, 0.1) is 0 Å². The normalized spacial score (nSPS) is 16.6. The number of carbonyl (C=O) groups excluding carboxylic acids is 1. The number of aryl methyl sites for hydroxylation is 1. The van der Waals surface area contributed by atoms with E-state index in [1.54, 1.807) is 18.2 Å². The Hall–Kier alpha value is -2.45. The van der Waals surface area contributed by atoms with Crippen molar-refractivity contribution in [3.8, 4) is 5.75 Å². The number of hydrogen-bond donors (Lipinski definition) is 1. The molecule has 2 aliphatic heterocycles. The second kappa shape index (κ2) is 13.8. The van der Waals surface area contributed by atoms with Crippen LogP contribution < -0.4 is 10.5 Å². The summed E-state index contributed by atoms with van der Waals surface area (Å²) >= 11 is 12.2. The van der Waals surface area contributed by atoms with Crippen molar-refractivity contribution in [2.75, 3.05) is 32.8 Å². The summed E-state index contributed by atoms with van der Waals surface area (Å²) in [5.74, 6) is -4.50. The minimum Gasteiger partial charge on any atom is -0.489 e. The standard InChI is InChI=1S/C18H26ClNO2.C12H8ClF2NO/c19-17-14-15(4-3-11-20-9-1-2-10-20)5-6-18(17)22-16-7-12-21-13-8-16;13-10-4-2-7-5-9(3-1-8(7)6-10)12(14,15)11(16)17/h5-6,14,16H,1-4,7-13H2;1-6H,(H2,16,17). The van der Waals surface area contributed by atoms with Gasteiger partial charge in [-0.3, -0.25) is 4.79 Å². The number of ether oxygens (including phenoxy) is 2. The number of alkyl halides is 2. The Morgan fingerprint density at radius 3 is 2.38 bits per heavy atom. The molecule has 0 saturated carbocycles. The Balaban J connectivity index is 0.000000187. The van der Waals surface area contributed by atoms with Crippen LogP contribution in [0.2, 0.25) is 10.0 Å². The average Bonchev–Trinajstić information content (AvgIpc) is 3.44. The van der Waals surface area contributed by atoms with Gasteiger partial charge in [-0.15, -0.1) is 0 Å². The molecular weight excluding hydrogens is 545 g/mol.